The first-order valence-electron chi connectivity index (χ1n) is 9.11. The summed E-state index contributed by atoms with van der Waals surface area (Å²) in [5, 5.41) is 3.76. The predicted molar refractivity (Wildman–Crippen MR) is 90.3 cm³/mol. The average Bonchev–Trinajstić information content (AvgIpc) is 2.96. The standard InChI is InChI=1S/C18H38N2/c1-5-7-8-9-10-11-14-17(19-6-2)18(3,4)20-15-12-13-16-20/h17,19H,5-16H2,1-4H3. The Morgan fingerprint density at radius 2 is 1.55 bits per heavy atom. The molecule has 0 aromatic heterocycles. The van der Waals surface area contributed by atoms with E-state index in [1.807, 2.05) is 0 Å². The van der Waals surface area contributed by atoms with Crippen molar-refractivity contribution in [2.75, 3.05) is 19.6 Å². The number of hydrogen-bond acceptors (Lipinski definition) is 2. The maximum Gasteiger partial charge on any atom is 0.0306 e. The molecule has 0 spiro atoms. The topological polar surface area (TPSA) is 15.3 Å². The zero-order valence-electron chi connectivity index (χ0n) is 14.5. The van der Waals surface area contributed by atoms with E-state index in [-0.39, 0.29) is 0 Å². The maximum absolute atomic E-state index is 3.76. The Hall–Kier alpha value is -0.0800. The number of rotatable bonds is 11. The molecule has 2 heteroatoms. The first-order chi connectivity index (χ1) is 9.62. The summed E-state index contributed by atoms with van der Waals surface area (Å²) in [5.41, 5.74) is 0.315. The van der Waals surface area contributed by atoms with Crippen molar-refractivity contribution in [2.45, 2.75) is 97.1 Å². The van der Waals surface area contributed by atoms with Crippen LogP contribution in [0.4, 0.5) is 0 Å². The number of hydrogen-bond donors (Lipinski definition) is 1. The molecular formula is C18H38N2. The molecule has 1 atom stereocenters. The van der Waals surface area contributed by atoms with Gasteiger partial charge < -0.3 is 5.32 Å². The van der Waals surface area contributed by atoms with Crippen LogP contribution in [0.25, 0.3) is 0 Å². The lowest BCUT2D eigenvalue weighted by Gasteiger charge is -2.42. The molecule has 1 aliphatic rings. The van der Waals surface area contributed by atoms with Crippen LogP contribution in [0.15, 0.2) is 0 Å². The molecule has 0 saturated carbocycles. The predicted octanol–water partition coefficient (Wildman–Crippen LogP) is 4.59. The molecule has 0 bridgehead atoms. The second kappa shape index (κ2) is 9.78. The first kappa shape index (κ1) is 18.0. The van der Waals surface area contributed by atoms with Gasteiger partial charge >= 0.3 is 0 Å². The highest BCUT2D eigenvalue weighted by Crippen LogP contribution is 2.27. The van der Waals surface area contributed by atoms with E-state index in [9.17, 15) is 0 Å². The van der Waals surface area contributed by atoms with Gasteiger partial charge in [-0.05, 0) is 52.7 Å². The normalized spacial score (nSPS) is 18.6. The van der Waals surface area contributed by atoms with Crippen molar-refractivity contribution in [3.05, 3.63) is 0 Å². The molecule has 1 rings (SSSR count). The van der Waals surface area contributed by atoms with Crippen molar-refractivity contribution in [1.82, 2.24) is 10.2 Å². The highest BCUT2D eigenvalue weighted by molar-refractivity contribution is 4.95. The van der Waals surface area contributed by atoms with Crippen LogP contribution >= 0.6 is 0 Å². The minimum Gasteiger partial charge on any atom is -0.312 e. The molecule has 2 nitrogen and oxygen atoms in total. The van der Waals surface area contributed by atoms with Gasteiger partial charge in [0.15, 0.2) is 0 Å². The molecule has 0 radical (unpaired) electrons. The Balaban J connectivity index is 2.34. The largest absolute Gasteiger partial charge is 0.312 e. The molecule has 0 amide bonds. The van der Waals surface area contributed by atoms with Crippen molar-refractivity contribution in [3.63, 3.8) is 0 Å². The third-order valence-corrected chi connectivity index (χ3v) is 5.07. The second-order valence-electron chi connectivity index (χ2n) is 7.01. The third kappa shape index (κ3) is 5.73. The van der Waals surface area contributed by atoms with Gasteiger partial charge in [0.25, 0.3) is 0 Å². The maximum atomic E-state index is 3.76. The number of likely N-dealkylation sites (tertiary alicyclic amines) is 1. The van der Waals surface area contributed by atoms with Crippen LogP contribution in [0, 0.1) is 0 Å². The average molecular weight is 283 g/mol. The molecule has 20 heavy (non-hydrogen) atoms. The van der Waals surface area contributed by atoms with Gasteiger partial charge in [0.05, 0.1) is 0 Å². The van der Waals surface area contributed by atoms with Crippen LogP contribution < -0.4 is 5.32 Å². The number of nitrogens with one attached hydrogen (secondary N) is 1. The van der Waals surface area contributed by atoms with E-state index < -0.39 is 0 Å². The van der Waals surface area contributed by atoms with Crippen molar-refractivity contribution in [2.24, 2.45) is 0 Å². The zero-order chi connectivity index (χ0) is 14.8. The summed E-state index contributed by atoms with van der Waals surface area (Å²) < 4.78 is 0. The lowest BCUT2D eigenvalue weighted by atomic mass is 9.88. The lowest BCUT2D eigenvalue weighted by Crippen LogP contribution is -2.56. The Morgan fingerprint density at radius 1 is 0.950 bits per heavy atom. The van der Waals surface area contributed by atoms with Crippen LogP contribution in [-0.4, -0.2) is 36.1 Å². The molecular weight excluding hydrogens is 244 g/mol. The van der Waals surface area contributed by atoms with Crippen molar-refractivity contribution in [1.29, 1.82) is 0 Å². The van der Waals surface area contributed by atoms with Crippen molar-refractivity contribution < 1.29 is 0 Å². The summed E-state index contributed by atoms with van der Waals surface area (Å²) in [6.07, 6.45) is 12.5. The van der Waals surface area contributed by atoms with Gasteiger partial charge in [-0.3, -0.25) is 4.90 Å². The summed E-state index contributed by atoms with van der Waals surface area (Å²) >= 11 is 0. The fraction of sp³-hybridized carbons (Fsp3) is 1.00. The van der Waals surface area contributed by atoms with Crippen molar-refractivity contribution >= 4 is 0 Å². The molecule has 1 heterocycles. The van der Waals surface area contributed by atoms with E-state index >= 15 is 0 Å². The highest BCUT2D eigenvalue weighted by atomic mass is 15.2. The smallest absolute Gasteiger partial charge is 0.0306 e. The van der Waals surface area contributed by atoms with Crippen LogP contribution in [0.1, 0.15) is 85.5 Å². The van der Waals surface area contributed by atoms with E-state index in [1.165, 1.54) is 70.9 Å². The van der Waals surface area contributed by atoms with E-state index in [4.69, 9.17) is 0 Å². The van der Waals surface area contributed by atoms with Crippen LogP contribution in [-0.2, 0) is 0 Å². The van der Waals surface area contributed by atoms with Gasteiger partial charge in [-0.15, -0.1) is 0 Å². The van der Waals surface area contributed by atoms with Crippen LogP contribution in [0.2, 0.25) is 0 Å². The van der Waals surface area contributed by atoms with E-state index in [0.717, 1.165) is 6.54 Å². The Labute approximate surface area is 127 Å². The number of unbranched alkanes of at least 4 members (excludes halogenated alkanes) is 5. The quantitative estimate of drug-likeness (QED) is 0.558. The van der Waals surface area contributed by atoms with Gasteiger partial charge in [0.2, 0.25) is 0 Å². The third-order valence-electron chi connectivity index (χ3n) is 5.07. The lowest BCUT2D eigenvalue weighted by molar-refractivity contribution is 0.102. The summed E-state index contributed by atoms with van der Waals surface area (Å²) in [6.45, 7) is 13.1. The van der Waals surface area contributed by atoms with Gasteiger partial charge in [0, 0.05) is 11.6 Å². The van der Waals surface area contributed by atoms with Crippen LogP contribution in [0.5, 0.6) is 0 Å². The van der Waals surface area contributed by atoms with Gasteiger partial charge in [-0.1, -0.05) is 52.4 Å². The SMILES string of the molecule is CCCCCCCCC(NCC)C(C)(C)N1CCCC1. The first-order valence-corrected chi connectivity index (χ1v) is 9.11. The molecule has 0 aliphatic carbocycles. The van der Waals surface area contributed by atoms with E-state index in [2.05, 4.69) is 37.9 Å². The molecule has 0 aromatic carbocycles. The number of likely N-dealkylation sites (N-methyl/N-ethyl adjacent to an activating group) is 1. The molecule has 120 valence electrons. The van der Waals surface area contributed by atoms with Crippen LogP contribution in [0.3, 0.4) is 0 Å². The minimum absolute atomic E-state index is 0.315. The monoisotopic (exact) mass is 282 g/mol. The summed E-state index contributed by atoms with van der Waals surface area (Å²) in [4.78, 5) is 2.71. The minimum atomic E-state index is 0.315. The summed E-state index contributed by atoms with van der Waals surface area (Å²) in [5.74, 6) is 0. The molecule has 1 unspecified atom stereocenters. The Morgan fingerprint density at radius 3 is 2.15 bits per heavy atom. The fourth-order valence-corrected chi connectivity index (χ4v) is 3.59. The molecule has 1 aliphatic heterocycles. The van der Waals surface area contributed by atoms with Gasteiger partial charge in [-0.2, -0.15) is 0 Å². The fourth-order valence-electron chi connectivity index (χ4n) is 3.59. The zero-order valence-corrected chi connectivity index (χ0v) is 14.5. The number of nitrogens with zero attached hydrogens (tertiary/aromatic N) is 1. The highest BCUT2D eigenvalue weighted by Gasteiger charge is 2.35. The van der Waals surface area contributed by atoms with Crippen molar-refractivity contribution in [3.8, 4) is 0 Å². The van der Waals surface area contributed by atoms with E-state index in [1.54, 1.807) is 0 Å². The van der Waals surface area contributed by atoms with E-state index in [0.29, 0.717) is 11.6 Å². The summed E-state index contributed by atoms with van der Waals surface area (Å²) in [7, 11) is 0. The molecule has 1 fully saturated rings. The molecule has 1 N–H and O–H groups in total. The Bertz CT molecular complexity index is 232. The van der Waals surface area contributed by atoms with Gasteiger partial charge in [-0.25, -0.2) is 0 Å². The molecule has 0 aromatic rings. The van der Waals surface area contributed by atoms with Gasteiger partial charge in [0.1, 0.15) is 0 Å². The molecule has 1 saturated heterocycles. The second-order valence-corrected chi connectivity index (χ2v) is 7.01. The Kier molecular flexibility index (Phi) is 8.79. The summed E-state index contributed by atoms with van der Waals surface area (Å²) in [6, 6.07) is 0.650.